The van der Waals surface area contributed by atoms with Crippen molar-refractivity contribution in [3.63, 3.8) is 0 Å². The Morgan fingerprint density at radius 3 is 2.92 bits per heavy atom. The Balaban J connectivity index is 2.40. The van der Waals surface area contributed by atoms with Crippen LogP contribution >= 0.6 is 0 Å². The van der Waals surface area contributed by atoms with Crippen molar-refractivity contribution < 1.29 is 4.79 Å². The topological polar surface area (TPSA) is 30.0 Å². The number of aromatic nitrogens is 1. The van der Waals surface area contributed by atoms with Crippen LogP contribution in [0, 0.1) is 0 Å². The standard InChI is InChI=1S/C11H15NO/c1-2-3-4-7-11(13)10-6-5-8-12-9-10/h5-6,8-9H,2-4,7H2,1H3. The Bertz CT molecular complexity index is 256. The number of carbonyl (C=O) groups is 1. The van der Waals surface area contributed by atoms with E-state index in [9.17, 15) is 4.79 Å². The van der Waals surface area contributed by atoms with Gasteiger partial charge in [-0.1, -0.05) is 19.8 Å². The van der Waals surface area contributed by atoms with Gasteiger partial charge in [0.25, 0.3) is 0 Å². The fourth-order valence-corrected chi connectivity index (χ4v) is 1.21. The van der Waals surface area contributed by atoms with Gasteiger partial charge in [-0.05, 0) is 18.6 Å². The van der Waals surface area contributed by atoms with Gasteiger partial charge in [0.2, 0.25) is 0 Å². The van der Waals surface area contributed by atoms with Crippen LogP contribution in [0.2, 0.25) is 0 Å². The zero-order chi connectivity index (χ0) is 9.52. The first-order valence-corrected chi connectivity index (χ1v) is 4.78. The summed E-state index contributed by atoms with van der Waals surface area (Å²) in [7, 11) is 0. The Kier molecular flexibility index (Phi) is 4.16. The molecule has 1 aromatic heterocycles. The summed E-state index contributed by atoms with van der Waals surface area (Å²) in [5.41, 5.74) is 0.735. The first-order chi connectivity index (χ1) is 6.34. The molecule has 70 valence electrons. The van der Waals surface area contributed by atoms with Gasteiger partial charge in [-0.15, -0.1) is 0 Å². The van der Waals surface area contributed by atoms with Crippen molar-refractivity contribution in [3.05, 3.63) is 30.1 Å². The number of carbonyl (C=O) groups excluding carboxylic acids is 1. The average molecular weight is 177 g/mol. The molecule has 0 unspecified atom stereocenters. The molecule has 0 spiro atoms. The summed E-state index contributed by atoms with van der Waals surface area (Å²) in [5.74, 6) is 0.210. The van der Waals surface area contributed by atoms with Crippen molar-refractivity contribution >= 4 is 5.78 Å². The molecule has 0 N–H and O–H groups in total. The fourth-order valence-electron chi connectivity index (χ4n) is 1.21. The molecule has 0 radical (unpaired) electrons. The third-order valence-corrected chi connectivity index (χ3v) is 1.99. The molecule has 2 nitrogen and oxygen atoms in total. The van der Waals surface area contributed by atoms with Crippen molar-refractivity contribution in [2.24, 2.45) is 0 Å². The van der Waals surface area contributed by atoms with Crippen molar-refractivity contribution in [2.45, 2.75) is 32.6 Å². The van der Waals surface area contributed by atoms with Crippen molar-refractivity contribution in [1.82, 2.24) is 4.98 Å². The molecule has 0 aromatic carbocycles. The van der Waals surface area contributed by atoms with Crippen LogP contribution in [0.1, 0.15) is 43.0 Å². The monoisotopic (exact) mass is 177 g/mol. The van der Waals surface area contributed by atoms with E-state index < -0.39 is 0 Å². The highest BCUT2D eigenvalue weighted by molar-refractivity contribution is 5.95. The highest BCUT2D eigenvalue weighted by Crippen LogP contribution is 2.06. The minimum Gasteiger partial charge on any atom is -0.294 e. The Morgan fingerprint density at radius 2 is 2.31 bits per heavy atom. The summed E-state index contributed by atoms with van der Waals surface area (Å²) in [6.45, 7) is 2.13. The van der Waals surface area contributed by atoms with E-state index in [4.69, 9.17) is 0 Å². The van der Waals surface area contributed by atoms with Crippen molar-refractivity contribution in [2.75, 3.05) is 0 Å². The van der Waals surface area contributed by atoms with E-state index >= 15 is 0 Å². The Labute approximate surface area is 79.0 Å². The molecule has 1 aromatic rings. The maximum atomic E-state index is 11.5. The van der Waals surface area contributed by atoms with Crippen LogP contribution in [0.5, 0.6) is 0 Å². The van der Waals surface area contributed by atoms with Crippen LogP contribution in [0.15, 0.2) is 24.5 Å². The van der Waals surface area contributed by atoms with Gasteiger partial charge in [0.1, 0.15) is 0 Å². The van der Waals surface area contributed by atoms with E-state index in [0.717, 1.165) is 24.8 Å². The third kappa shape index (κ3) is 3.36. The molecule has 13 heavy (non-hydrogen) atoms. The first kappa shape index (κ1) is 9.90. The number of nitrogens with zero attached hydrogens (tertiary/aromatic N) is 1. The number of rotatable bonds is 5. The largest absolute Gasteiger partial charge is 0.294 e. The van der Waals surface area contributed by atoms with Gasteiger partial charge in [0, 0.05) is 24.4 Å². The van der Waals surface area contributed by atoms with Crippen LogP contribution in [-0.4, -0.2) is 10.8 Å². The number of unbranched alkanes of at least 4 members (excludes halogenated alkanes) is 2. The molecule has 2 heteroatoms. The lowest BCUT2D eigenvalue weighted by Gasteiger charge is -1.98. The molecule has 1 rings (SSSR count). The highest BCUT2D eigenvalue weighted by Gasteiger charge is 2.03. The van der Waals surface area contributed by atoms with Gasteiger partial charge in [0.05, 0.1) is 0 Å². The maximum absolute atomic E-state index is 11.5. The molecule has 0 bridgehead atoms. The Morgan fingerprint density at radius 1 is 1.46 bits per heavy atom. The predicted octanol–water partition coefficient (Wildman–Crippen LogP) is 2.84. The maximum Gasteiger partial charge on any atom is 0.164 e. The minimum absolute atomic E-state index is 0.210. The number of Topliss-reactive ketones (excluding diaryl/α,β-unsaturated/α-hetero) is 1. The smallest absolute Gasteiger partial charge is 0.164 e. The zero-order valence-corrected chi connectivity index (χ0v) is 7.99. The second-order valence-corrected chi connectivity index (χ2v) is 3.12. The molecule has 0 fully saturated rings. The van der Waals surface area contributed by atoms with E-state index in [1.54, 1.807) is 18.5 Å². The molecule has 0 atom stereocenters. The lowest BCUT2D eigenvalue weighted by Crippen LogP contribution is -1.98. The molecule has 0 aliphatic carbocycles. The number of hydrogen-bond acceptors (Lipinski definition) is 2. The molecule has 1 heterocycles. The normalized spacial score (nSPS) is 9.92. The summed E-state index contributed by atoms with van der Waals surface area (Å²) in [6, 6.07) is 3.62. The van der Waals surface area contributed by atoms with Crippen LogP contribution in [-0.2, 0) is 0 Å². The summed E-state index contributed by atoms with van der Waals surface area (Å²) in [5, 5.41) is 0. The predicted molar refractivity (Wildman–Crippen MR) is 52.7 cm³/mol. The summed E-state index contributed by atoms with van der Waals surface area (Å²) >= 11 is 0. The zero-order valence-electron chi connectivity index (χ0n) is 7.99. The molecule has 0 amide bonds. The summed E-state index contributed by atoms with van der Waals surface area (Å²) < 4.78 is 0. The minimum atomic E-state index is 0.210. The van der Waals surface area contributed by atoms with Gasteiger partial charge in [-0.25, -0.2) is 0 Å². The molecule has 0 aliphatic heterocycles. The number of pyridine rings is 1. The van der Waals surface area contributed by atoms with E-state index in [0.29, 0.717) is 6.42 Å². The fraction of sp³-hybridized carbons (Fsp3) is 0.455. The Hall–Kier alpha value is -1.18. The number of ketones is 1. The van der Waals surface area contributed by atoms with Crippen LogP contribution in [0.3, 0.4) is 0 Å². The van der Waals surface area contributed by atoms with Gasteiger partial charge < -0.3 is 0 Å². The highest BCUT2D eigenvalue weighted by atomic mass is 16.1. The molecule has 0 saturated carbocycles. The second kappa shape index (κ2) is 5.46. The lowest BCUT2D eigenvalue weighted by molar-refractivity contribution is 0.0979. The quantitative estimate of drug-likeness (QED) is 0.511. The average Bonchev–Trinajstić information content (AvgIpc) is 2.19. The van der Waals surface area contributed by atoms with Gasteiger partial charge in [-0.3, -0.25) is 9.78 Å². The number of hydrogen-bond donors (Lipinski definition) is 0. The third-order valence-electron chi connectivity index (χ3n) is 1.99. The first-order valence-electron chi connectivity index (χ1n) is 4.78. The van der Waals surface area contributed by atoms with Crippen LogP contribution in [0.25, 0.3) is 0 Å². The van der Waals surface area contributed by atoms with E-state index in [1.165, 1.54) is 0 Å². The lowest BCUT2D eigenvalue weighted by atomic mass is 10.1. The second-order valence-electron chi connectivity index (χ2n) is 3.12. The van der Waals surface area contributed by atoms with Gasteiger partial charge in [0.15, 0.2) is 5.78 Å². The van der Waals surface area contributed by atoms with E-state index in [1.807, 2.05) is 6.07 Å². The summed E-state index contributed by atoms with van der Waals surface area (Å²) in [6.07, 6.45) is 7.24. The van der Waals surface area contributed by atoms with Crippen molar-refractivity contribution in [1.29, 1.82) is 0 Å². The molecular formula is C11H15NO. The van der Waals surface area contributed by atoms with Crippen LogP contribution in [0.4, 0.5) is 0 Å². The van der Waals surface area contributed by atoms with E-state index in [2.05, 4.69) is 11.9 Å². The SMILES string of the molecule is CCCCCC(=O)c1cccnc1. The van der Waals surface area contributed by atoms with Gasteiger partial charge >= 0.3 is 0 Å². The summed E-state index contributed by atoms with van der Waals surface area (Å²) in [4.78, 5) is 15.4. The molecule has 0 saturated heterocycles. The molecular weight excluding hydrogens is 162 g/mol. The van der Waals surface area contributed by atoms with E-state index in [-0.39, 0.29) is 5.78 Å². The molecule has 0 aliphatic rings. The van der Waals surface area contributed by atoms with Gasteiger partial charge in [-0.2, -0.15) is 0 Å². The van der Waals surface area contributed by atoms with Crippen molar-refractivity contribution in [3.8, 4) is 0 Å². The van der Waals surface area contributed by atoms with Crippen LogP contribution < -0.4 is 0 Å².